The fourth-order valence-electron chi connectivity index (χ4n) is 2.74. The van der Waals surface area contributed by atoms with Crippen LogP contribution in [0.25, 0.3) is 0 Å². The van der Waals surface area contributed by atoms with Crippen molar-refractivity contribution in [2.75, 3.05) is 19.6 Å². The zero-order valence-electron chi connectivity index (χ0n) is 12.1. The molecule has 106 valence electrons. The highest BCUT2D eigenvalue weighted by atomic mass is 16.2. The van der Waals surface area contributed by atoms with Gasteiger partial charge in [-0.15, -0.1) is 0 Å². The number of rotatable bonds is 1. The zero-order valence-corrected chi connectivity index (χ0v) is 12.1. The van der Waals surface area contributed by atoms with Gasteiger partial charge < -0.3 is 10.6 Å². The van der Waals surface area contributed by atoms with Crippen molar-refractivity contribution in [2.24, 2.45) is 17.6 Å². The van der Waals surface area contributed by atoms with Crippen molar-refractivity contribution in [1.29, 1.82) is 0 Å². The Morgan fingerprint density at radius 3 is 2.65 bits per heavy atom. The predicted octanol–water partition coefficient (Wildman–Crippen LogP) is 1.51. The van der Waals surface area contributed by atoms with Gasteiger partial charge in [0.25, 0.3) is 5.91 Å². The highest BCUT2D eigenvalue weighted by Gasteiger charge is 2.26. The summed E-state index contributed by atoms with van der Waals surface area (Å²) in [6.07, 6.45) is 2.82. The van der Waals surface area contributed by atoms with Gasteiger partial charge in [-0.05, 0) is 30.4 Å². The second-order valence-electron chi connectivity index (χ2n) is 5.59. The molecule has 1 aromatic rings. The standard InChI is InChI=1S/C16H21N3O/c1-12-8-13(2)11-19(10-12)16(20)15-6-5-14(9-18-15)4-3-7-17/h5-6,9,12-13H,7-8,10-11,17H2,1-2H3. The van der Waals surface area contributed by atoms with Crippen LogP contribution in [0.3, 0.4) is 0 Å². The summed E-state index contributed by atoms with van der Waals surface area (Å²) in [5.41, 5.74) is 6.60. The van der Waals surface area contributed by atoms with E-state index in [2.05, 4.69) is 30.7 Å². The Balaban J connectivity index is 2.09. The number of nitrogens with zero attached hydrogens (tertiary/aromatic N) is 2. The molecule has 1 saturated heterocycles. The van der Waals surface area contributed by atoms with Crippen LogP contribution < -0.4 is 5.73 Å². The van der Waals surface area contributed by atoms with E-state index >= 15 is 0 Å². The van der Waals surface area contributed by atoms with Gasteiger partial charge in [-0.1, -0.05) is 25.7 Å². The average molecular weight is 271 g/mol. The molecule has 1 fully saturated rings. The van der Waals surface area contributed by atoms with Crippen molar-refractivity contribution in [3.63, 3.8) is 0 Å². The Labute approximate surface area is 120 Å². The van der Waals surface area contributed by atoms with E-state index in [4.69, 9.17) is 5.73 Å². The lowest BCUT2D eigenvalue weighted by Crippen LogP contribution is -2.42. The molecule has 2 rings (SSSR count). The highest BCUT2D eigenvalue weighted by Crippen LogP contribution is 2.22. The molecule has 2 unspecified atom stereocenters. The van der Waals surface area contributed by atoms with Gasteiger partial charge >= 0.3 is 0 Å². The molecule has 2 heterocycles. The summed E-state index contributed by atoms with van der Waals surface area (Å²) >= 11 is 0. The first-order chi connectivity index (χ1) is 9.60. The molecule has 1 amide bonds. The largest absolute Gasteiger partial charge is 0.337 e. The number of amides is 1. The number of hydrogen-bond acceptors (Lipinski definition) is 3. The van der Waals surface area contributed by atoms with Crippen molar-refractivity contribution in [1.82, 2.24) is 9.88 Å². The van der Waals surface area contributed by atoms with E-state index in [9.17, 15) is 4.79 Å². The van der Waals surface area contributed by atoms with Crippen LogP contribution in [0.1, 0.15) is 36.3 Å². The molecular weight excluding hydrogens is 250 g/mol. The Kier molecular flexibility index (Phi) is 4.75. The van der Waals surface area contributed by atoms with E-state index in [1.165, 1.54) is 6.42 Å². The molecule has 0 bridgehead atoms. The van der Waals surface area contributed by atoms with Gasteiger partial charge in [-0.2, -0.15) is 0 Å². The van der Waals surface area contributed by atoms with Crippen molar-refractivity contribution < 1.29 is 4.79 Å². The predicted molar refractivity (Wildman–Crippen MR) is 79.0 cm³/mol. The van der Waals surface area contributed by atoms with E-state index < -0.39 is 0 Å². The minimum Gasteiger partial charge on any atom is -0.337 e. The van der Waals surface area contributed by atoms with Crippen LogP contribution >= 0.6 is 0 Å². The Bertz CT molecular complexity index is 517. The molecule has 0 radical (unpaired) electrons. The van der Waals surface area contributed by atoms with E-state index in [1.54, 1.807) is 12.3 Å². The van der Waals surface area contributed by atoms with E-state index in [0.29, 0.717) is 24.1 Å². The third-order valence-corrected chi connectivity index (χ3v) is 3.47. The fourth-order valence-corrected chi connectivity index (χ4v) is 2.74. The molecule has 20 heavy (non-hydrogen) atoms. The summed E-state index contributed by atoms with van der Waals surface area (Å²) in [4.78, 5) is 18.6. The molecule has 1 aromatic heterocycles. The first-order valence-corrected chi connectivity index (χ1v) is 7.04. The van der Waals surface area contributed by atoms with Crippen molar-refractivity contribution in [3.8, 4) is 11.8 Å². The van der Waals surface area contributed by atoms with Crippen LogP contribution in [0.2, 0.25) is 0 Å². The molecule has 2 N–H and O–H groups in total. The van der Waals surface area contributed by atoms with Crippen LogP contribution in [0.5, 0.6) is 0 Å². The topological polar surface area (TPSA) is 59.2 Å². The summed E-state index contributed by atoms with van der Waals surface area (Å²) in [6.45, 7) is 6.34. The summed E-state index contributed by atoms with van der Waals surface area (Å²) in [6, 6.07) is 3.56. The lowest BCUT2D eigenvalue weighted by molar-refractivity contribution is 0.0617. The minimum atomic E-state index is 0.0155. The molecule has 0 saturated carbocycles. The van der Waals surface area contributed by atoms with Crippen LogP contribution in [0.15, 0.2) is 18.3 Å². The lowest BCUT2D eigenvalue weighted by Gasteiger charge is -2.34. The third-order valence-electron chi connectivity index (χ3n) is 3.47. The Morgan fingerprint density at radius 1 is 1.40 bits per heavy atom. The average Bonchev–Trinajstić information content (AvgIpc) is 2.44. The fraction of sp³-hybridized carbons (Fsp3) is 0.500. The highest BCUT2D eigenvalue weighted by molar-refractivity contribution is 5.92. The number of carbonyl (C=O) groups is 1. The smallest absolute Gasteiger partial charge is 0.272 e. The monoisotopic (exact) mass is 271 g/mol. The van der Waals surface area contributed by atoms with Crippen LogP contribution in [-0.2, 0) is 0 Å². The van der Waals surface area contributed by atoms with Gasteiger partial charge in [0.15, 0.2) is 0 Å². The number of carbonyl (C=O) groups excluding carboxylic acids is 1. The second kappa shape index (κ2) is 6.53. The van der Waals surface area contributed by atoms with Crippen molar-refractivity contribution in [2.45, 2.75) is 20.3 Å². The van der Waals surface area contributed by atoms with Gasteiger partial charge in [0.05, 0.1) is 6.54 Å². The summed E-state index contributed by atoms with van der Waals surface area (Å²) in [5, 5.41) is 0. The summed E-state index contributed by atoms with van der Waals surface area (Å²) < 4.78 is 0. The molecule has 0 aromatic carbocycles. The molecule has 0 aliphatic carbocycles. The zero-order chi connectivity index (χ0) is 14.5. The SMILES string of the molecule is CC1CC(C)CN(C(=O)c2ccc(C#CCN)cn2)C1. The van der Waals surface area contributed by atoms with Gasteiger partial charge in [0, 0.05) is 24.8 Å². The minimum absolute atomic E-state index is 0.0155. The first kappa shape index (κ1) is 14.5. The maximum atomic E-state index is 12.4. The number of likely N-dealkylation sites (tertiary alicyclic amines) is 1. The first-order valence-electron chi connectivity index (χ1n) is 7.04. The van der Waals surface area contributed by atoms with Crippen LogP contribution in [0.4, 0.5) is 0 Å². The number of hydrogen-bond donors (Lipinski definition) is 1. The summed E-state index contributed by atoms with van der Waals surface area (Å²) in [5.74, 6) is 6.79. The molecule has 4 nitrogen and oxygen atoms in total. The molecule has 2 atom stereocenters. The van der Waals surface area contributed by atoms with E-state index in [-0.39, 0.29) is 5.91 Å². The van der Waals surface area contributed by atoms with Gasteiger partial charge in [-0.25, -0.2) is 4.98 Å². The second-order valence-corrected chi connectivity index (χ2v) is 5.59. The Hall–Kier alpha value is -1.86. The maximum Gasteiger partial charge on any atom is 0.272 e. The van der Waals surface area contributed by atoms with Gasteiger partial charge in [-0.3, -0.25) is 4.79 Å². The summed E-state index contributed by atoms with van der Waals surface area (Å²) in [7, 11) is 0. The molecule has 1 aliphatic heterocycles. The Morgan fingerprint density at radius 2 is 2.10 bits per heavy atom. The van der Waals surface area contributed by atoms with Gasteiger partial charge in [0.2, 0.25) is 0 Å². The van der Waals surface area contributed by atoms with Crippen LogP contribution in [-0.4, -0.2) is 35.4 Å². The lowest BCUT2D eigenvalue weighted by atomic mass is 9.92. The number of aromatic nitrogens is 1. The normalized spacial score (nSPS) is 22.1. The molecule has 4 heteroatoms. The molecule has 1 aliphatic rings. The molecule has 0 spiro atoms. The van der Waals surface area contributed by atoms with E-state index in [1.807, 2.05) is 11.0 Å². The third kappa shape index (κ3) is 3.58. The molecular formula is C16H21N3O. The van der Waals surface area contributed by atoms with Crippen molar-refractivity contribution in [3.05, 3.63) is 29.6 Å². The quantitative estimate of drug-likeness (QED) is 0.788. The maximum absolute atomic E-state index is 12.4. The van der Waals surface area contributed by atoms with Crippen LogP contribution in [0, 0.1) is 23.7 Å². The van der Waals surface area contributed by atoms with Gasteiger partial charge in [0.1, 0.15) is 5.69 Å². The number of piperidine rings is 1. The van der Waals surface area contributed by atoms with Crippen molar-refractivity contribution >= 4 is 5.91 Å². The number of nitrogens with two attached hydrogens (primary N) is 1. The van der Waals surface area contributed by atoms with E-state index in [0.717, 1.165) is 18.7 Å². The number of pyridine rings is 1.